The molecule has 1 aromatic heterocycles. The molecule has 2 aromatic carbocycles. The zero-order valence-electron chi connectivity index (χ0n) is 14.8. The van der Waals surface area contributed by atoms with Crippen LogP contribution in [0.15, 0.2) is 53.0 Å². The van der Waals surface area contributed by atoms with Crippen molar-refractivity contribution < 1.29 is 9.53 Å². The van der Waals surface area contributed by atoms with Gasteiger partial charge in [0.2, 0.25) is 0 Å². The largest absolute Gasteiger partial charge is 0.379 e. The molecule has 140 valence electrons. The molecule has 7 heteroatoms. The summed E-state index contributed by atoms with van der Waals surface area (Å²) in [6, 6.07) is 15.5. The van der Waals surface area contributed by atoms with Crippen LogP contribution in [-0.2, 0) is 4.74 Å². The van der Waals surface area contributed by atoms with Gasteiger partial charge in [0, 0.05) is 36.2 Å². The van der Waals surface area contributed by atoms with Crippen molar-refractivity contribution in [2.24, 2.45) is 0 Å². The van der Waals surface area contributed by atoms with E-state index < -0.39 is 0 Å². The highest BCUT2D eigenvalue weighted by molar-refractivity contribution is 9.10. The third-order valence-electron chi connectivity index (χ3n) is 4.57. The minimum absolute atomic E-state index is 0.0244. The highest BCUT2D eigenvalue weighted by Crippen LogP contribution is 2.29. The Balaban J connectivity index is 1.62. The highest BCUT2D eigenvalue weighted by Gasteiger charge is 2.23. The van der Waals surface area contributed by atoms with Crippen molar-refractivity contribution >= 4 is 48.5 Å². The quantitative estimate of drug-likeness (QED) is 0.594. The van der Waals surface area contributed by atoms with Gasteiger partial charge in [0.25, 0.3) is 5.91 Å². The van der Waals surface area contributed by atoms with Crippen molar-refractivity contribution in [1.82, 2.24) is 9.88 Å². The fourth-order valence-electron chi connectivity index (χ4n) is 3.10. The number of ether oxygens (including phenoxy) is 1. The number of hydrogen-bond donors (Lipinski definition) is 0. The number of thiazole rings is 1. The third-order valence-corrected chi connectivity index (χ3v) is 6.13. The van der Waals surface area contributed by atoms with E-state index in [1.807, 2.05) is 53.4 Å². The van der Waals surface area contributed by atoms with Crippen LogP contribution >= 0.6 is 27.3 Å². The van der Waals surface area contributed by atoms with Crippen molar-refractivity contribution in [3.05, 3.63) is 58.6 Å². The molecule has 4 rings (SSSR count). The molecule has 1 saturated heterocycles. The summed E-state index contributed by atoms with van der Waals surface area (Å²) in [5.74, 6) is -0.0244. The third kappa shape index (κ3) is 4.38. The first-order valence-electron chi connectivity index (χ1n) is 8.94. The van der Waals surface area contributed by atoms with Gasteiger partial charge < -0.3 is 4.74 Å². The molecule has 3 aromatic rings. The number of morpholine rings is 1. The van der Waals surface area contributed by atoms with E-state index in [9.17, 15) is 4.79 Å². The number of carbonyl (C=O) groups excluding carboxylic acids is 1. The molecule has 0 N–H and O–H groups in total. The van der Waals surface area contributed by atoms with Gasteiger partial charge in [-0.05, 0) is 30.3 Å². The lowest BCUT2D eigenvalue weighted by Crippen LogP contribution is -2.43. The van der Waals surface area contributed by atoms with Gasteiger partial charge in [-0.15, -0.1) is 0 Å². The molecule has 0 aliphatic carbocycles. The Hall–Kier alpha value is -1.80. The molecule has 0 unspecified atom stereocenters. The maximum Gasteiger partial charge on any atom is 0.260 e. The standard InChI is InChI=1S/C20H20BrN3O2S/c21-16-5-3-4-15(14-16)19(25)24(9-8-23-10-12-26-13-11-23)20-22-17-6-1-2-7-18(17)27-20/h1-7,14H,8-13H2. The fraction of sp³-hybridized carbons (Fsp3) is 0.300. The van der Waals surface area contributed by atoms with Crippen LogP contribution in [0.25, 0.3) is 10.2 Å². The number of halogens is 1. The number of rotatable bonds is 5. The van der Waals surface area contributed by atoms with Gasteiger partial charge in [0.05, 0.1) is 23.4 Å². The molecular weight excluding hydrogens is 426 g/mol. The summed E-state index contributed by atoms with van der Waals surface area (Å²) in [6.07, 6.45) is 0. The molecule has 1 aliphatic rings. The van der Waals surface area contributed by atoms with E-state index in [0.717, 1.165) is 52.7 Å². The van der Waals surface area contributed by atoms with E-state index >= 15 is 0 Å². The monoisotopic (exact) mass is 445 g/mol. The average molecular weight is 446 g/mol. The summed E-state index contributed by atoms with van der Waals surface area (Å²) in [5.41, 5.74) is 1.58. The lowest BCUT2D eigenvalue weighted by Gasteiger charge is -2.29. The summed E-state index contributed by atoms with van der Waals surface area (Å²) in [4.78, 5) is 22.1. The van der Waals surface area contributed by atoms with Crippen LogP contribution in [0, 0.1) is 0 Å². The molecule has 2 heterocycles. The Kier molecular flexibility index (Phi) is 5.83. The minimum atomic E-state index is -0.0244. The zero-order chi connectivity index (χ0) is 18.6. The first kappa shape index (κ1) is 18.6. The Morgan fingerprint density at radius 1 is 1.19 bits per heavy atom. The number of hydrogen-bond acceptors (Lipinski definition) is 5. The van der Waals surface area contributed by atoms with Crippen LogP contribution in [0.3, 0.4) is 0 Å². The normalized spacial score (nSPS) is 15.1. The SMILES string of the molecule is O=C(c1cccc(Br)c1)N(CCN1CCOCC1)c1nc2ccccc2s1. The molecule has 0 bridgehead atoms. The second-order valence-corrected chi connectivity index (χ2v) is 8.31. The Bertz CT molecular complexity index is 907. The van der Waals surface area contributed by atoms with Gasteiger partial charge in [-0.1, -0.05) is 45.5 Å². The van der Waals surface area contributed by atoms with Crippen LogP contribution in [-0.4, -0.2) is 55.2 Å². The van der Waals surface area contributed by atoms with Crippen molar-refractivity contribution in [1.29, 1.82) is 0 Å². The van der Waals surface area contributed by atoms with Crippen LogP contribution < -0.4 is 4.90 Å². The maximum atomic E-state index is 13.3. The predicted octanol–water partition coefficient (Wildman–Crippen LogP) is 4.04. The fourth-order valence-corrected chi connectivity index (χ4v) is 4.49. The average Bonchev–Trinajstić information content (AvgIpc) is 3.12. The molecule has 5 nitrogen and oxygen atoms in total. The topological polar surface area (TPSA) is 45.7 Å². The summed E-state index contributed by atoms with van der Waals surface area (Å²) in [6.45, 7) is 4.71. The van der Waals surface area contributed by atoms with E-state index in [-0.39, 0.29) is 5.91 Å². The van der Waals surface area contributed by atoms with Crippen molar-refractivity contribution in [3.63, 3.8) is 0 Å². The van der Waals surface area contributed by atoms with E-state index in [2.05, 4.69) is 20.8 Å². The van der Waals surface area contributed by atoms with Crippen LogP contribution in [0.2, 0.25) is 0 Å². The van der Waals surface area contributed by atoms with Gasteiger partial charge in [-0.2, -0.15) is 0 Å². The Labute approximate surface area is 170 Å². The first-order chi connectivity index (χ1) is 13.2. The number of carbonyl (C=O) groups is 1. The van der Waals surface area contributed by atoms with E-state index in [1.54, 1.807) is 11.3 Å². The summed E-state index contributed by atoms with van der Waals surface area (Å²) in [5, 5.41) is 0.745. The van der Waals surface area contributed by atoms with E-state index in [0.29, 0.717) is 12.1 Å². The number of aromatic nitrogens is 1. The van der Waals surface area contributed by atoms with Crippen molar-refractivity contribution in [2.45, 2.75) is 0 Å². The zero-order valence-corrected chi connectivity index (χ0v) is 17.2. The lowest BCUT2D eigenvalue weighted by molar-refractivity contribution is 0.0391. The number of fused-ring (bicyclic) bond motifs is 1. The van der Waals surface area contributed by atoms with Gasteiger partial charge in [0.15, 0.2) is 5.13 Å². The number of benzene rings is 2. The summed E-state index contributed by atoms with van der Waals surface area (Å²) >= 11 is 5.02. The molecule has 0 atom stereocenters. The smallest absolute Gasteiger partial charge is 0.260 e. The maximum absolute atomic E-state index is 13.3. The molecule has 0 radical (unpaired) electrons. The predicted molar refractivity (Wildman–Crippen MR) is 113 cm³/mol. The van der Waals surface area contributed by atoms with Crippen LogP contribution in [0.5, 0.6) is 0 Å². The Morgan fingerprint density at radius 3 is 2.78 bits per heavy atom. The first-order valence-corrected chi connectivity index (χ1v) is 10.5. The van der Waals surface area contributed by atoms with Gasteiger partial charge in [-0.3, -0.25) is 14.6 Å². The van der Waals surface area contributed by atoms with E-state index in [4.69, 9.17) is 9.72 Å². The summed E-state index contributed by atoms with van der Waals surface area (Å²) < 4.78 is 7.41. The molecule has 1 amide bonds. The van der Waals surface area contributed by atoms with Crippen molar-refractivity contribution in [3.8, 4) is 0 Å². The van der Waals surface area contributed by atoms with Crippen LogP contribution in [0.1, 0.15) is 10.4 Å². The number of para-hydroxylation sites is 1. The lowest BCUT2D eigenvalue weighted by atomic mass is 10.2. The van der Waals surface area contributed by atoms with Crippen LogP contribution in [0.4, 0.5) is 5.13 Å². The summed E-state index contributed by atoms with van der Waals surface area (Å²) in [7, 11) is 0. The molecule has 27 heavy (non-hydrogen) atoms. The minimum Gasteiger partial charge on any atom is -0.379 e. The van der Waals surface area contributed by atoms with Gasteiger partial charge in [-0.25, -0.2) is 4.98 Å². The highest BCUT2D eigenvalue weighted by atomic mass is 79.9. The molecule has 0 spiro atoms. The van der Waals surface area contributed by atoms with E-state index in [1.165, 1.54) is 0 Å². The molecule has 0 saturated carbocycles. The number of anilines is 1. The second-order valence-electron chi connectivity index (χ2n) is 6.39. The number of nitrogens with zero attached hydrogens (tertiary/aromatic N) is 3. The van der Waals surface area contributed by atoms with Gasteiger partial charge >= 0.3 is 0 Å². The van der Waals surface area contributed by atoms with Crippen molar-refractivity contribution in [2.75, 3.05) is 44.3 Å². The number of amides is 1. The van der Waals surface area contributed by atoms with Gasteiger partial charge in [0.1, 0.15) is 0 Å². The Morgan fingerprint density at radius 2 is 2.00 bits per heavy atom. The molecular formula is C20H20BrN3O2S. The molecule has 1 fully saturated rings. The second kappa shape index (κ2) is 8.48. The molecule has 1 aliphatic heterocycles.